The molecule has 0 spiro atoms. The molecule has 9 aromatic rings. The van der Waals surface area contributed by atoms with Crippen molar-refractivity contribution in [1.82, 2.24) is 0 Å². The number of para-hydroxylation sites is 1. The van der Waals surface area contributed by atoms with Crippen molar-refractivity contribution < 1.29 is 4.42 Å². The number of hydrogen-bond acceptors (Lipinski definition) is 3. The predicted molar refractivity (Wildman–Crippen MR) is 172 cm³/mol. The molecule has 0 aliphatic heterocycles. The molecule has 0 amide bonds. The van der Waals surface area contributed by atoms with Crippen LogP contribution in [0.4, 0.5) is 0 Å². The molecule has 0 fully saturated rings. The number of hydrogen-bond donors (Lipinski definition) is 0. The maximum absolute atomic E-state index is 6.39. The predicted octanol–water partition coefficient (Wildman–Crippen LogP) is 11.5. The van der Waals surface area contributed by atoms with E-state index in [9.17, 15) is 0 Å². The van der Waals surface area contributed by atoms with E-state index >= 15 is 0 Å². The number of benzene rings is 6. The Balaban J connectivity index is 1.31. The highest BCUT2D eigenvalue weighted by atomic mass is 32.2. The second kappa shape index (κ2) is 7.60. The average molecular weight is 545 g/mol. The van der Waals surface area contributed by atoms with Gasteiger partial charge in [0.05, 0.1) is 4.01 Å². The Kier molecular flexibility index (Phi) is 4.06. The van der Waals surface area contributed by atoms with Crippen LogP contribution in [0.3, 0.4) is 0 Å². The van der Waals surface area contributed by atoms with E-state index in [0.717, 1.165) is 11.2 Å². The summed E-state index contributed by atoms with van der Waals surface area (Å²) in [6.07, 6.45) is 0. The van der Waals surface area contributed by atoms with Gasteiger partial charge in [0.2, 0.25) is 0 Å². The summed E-state index contributed by atoms with van der Waals surface area (Å²) in [4.78, 5) is 0. The molecule has 3 heteroatoms. The van der Waals surface area contributed by atoms with Gasteiger partial charge in [-0.1, -0.05) is 91.0 Å². The van der Waals surface area contributed by atoms with Crippen LogP contribution in [-0.2, 0) is 0 Å². The number of furan rings is 1. The molecule has 1 atom stereocenters. The molecule has 3 heterocycles. The fraction of sp³-hybridized carbons (Fsp3) is 0.0270. The summed E-state index contributed by atoms with van der Waals surface area (Å²) in [5.41, 5.74) is 8.71. The van der Waals surface area contributed by atoms with Crippen molar-refractivity contribution in [2.75, 3.05) is 0 Å². The highest BCUT2D eigenvalue weighted by Gasteiger charge is 2.34. The highest BCUT2D eigenvalue weighted by Crippen LogP contribution is 2.55. The molecule has 0 radical (unpaired) electrons. The van der Waals surface area contributed by atoms with Crippen LogP contribution in [0.5, 0.6) is 0 Å². The Morgan fingerprint density at radius 1 is 0.550 bits per heavy atom. The van der Waals surface area contributed by atoms with Gasteiger partial charge in [0.1, 0.15) is 11.2 Å². The summed E-state index contributed by atoms with van der Waals surface area (Å²) in [7, 11) is 0. The third-order valence-corrected chi connectivity index (χ3v) is 11.2. The van der Waals surface area contributed by atoms with E-state index in [2.05, 4.69) is 115 Å². The Bertz CT molecular complexity index is 2500. The maximum atomic E-state index is 6.39. The van der Waals surface area contributed by atoms with Gasteiger partial charge < -0.3 is 4.42 Å². The lowest BCUT2D eigenvalue weighted by molar-refractivity contribution is 0.668. The lowest BCUT2D eigenvalue weighted by Crippen LogP contribution is -1.99. The standard InChI is InChI=1S/C37H20OS2/c1-2-8-22-20(7-1)13-16-26-32(36-27(33(22)26)17-18-29-35(36)23-9-3-5-11-28(23)38-29)21-14-15-25-31(19-21)40-37-34(25)24-10-4-6-12-30(24)39-37/h1-19,32H/t32-/m1/s1. The number of thiophene rings is 2. The SMILES string of the molecule is c1ccc2c3c(ccc2c1)[C@@H](c1ccc2c(c1)sc1sc4ccccc4c12)c1c-3ccc2oc3ccccc3c12. The number of rotatable bonds is 1. The molecule has 186 valence electrons. The van der Waals surface area contributed by atoms with E-state index < -0.39 is 0 Å². The minimum absolute atomic E-state index is 0.139. The van der Waals surface area contributed by atoms with E-state index in [1.54, 1.807) is 0 Å². The molecule has 0 saturated carbocycles. The van der Waals surface area contributed by atoms with Crippen molar-refractivity contribution in [2.45, 2.75) is 5.92 Å². The molecule has 0 bridgehead atoms. The summed E-state index contributed by atoms with van der Waals surface area (Å²) < 4.78 is 10.5. The van der Waals surface area contributed by atoms with Crippen LogP contribution in [-0.4, -0.2) is 0 Å². The van der Waals surface area contributed by atoms with E-state index in [1.165, 1.54) is 78.9 Å². The third-order valence-electron chi connectivity index (χ3n) is 8.79. The Morgan fingerprint density at radius 3 is 2.27 bits per heavy atom. The van der Waals surface area contributed by atoms with Crippen LogP contribution in [0.25, 0.3) is 73.4 Å². The van der Waals surface area contributed by atoms with E-state index in [-0.39, 0.29) is 5.92 Å². The zero-order chi connectivity index (χ0) is 25.9. The van der Waals surface area contributed by atoms with Gasteiger partial charge in [0.25, 0.3) is 0 Å². The maximum Gasteiger partial charge on any atom is 0.135 e. The van der Waals surface area contributed by atoms with Crippen LogP contribution in [0.15, 0.2) is 120 Å². The van der Waals surface area contributed by atoms with Gasteiger partial charge in [-0.15, -0.1) is 22.7 Å². The van der Waals surface area contributed by atoms with Gasteiger partial charge in [0, 0.05) is 42.2 Å². The molecular formula is C37H20OS2. The fourth-order valence-corrected chi connectivity index (χ4v) is 9.80. The number of fused-ring (bicyclic) bond motifs is 14. The molecular weight excluding hydrogens is 525 g/mol. The van der Waals surface area contributed by atoms with Crippen molar-refractivity contribution in [3.05, 3.63) is 132 Å². The summed E-state index contributed by atoms with van der Waals surface area (Å²) in [5, 5.41) is 9.19. The molecule has 0 saturated heterocycles. The lowest BCUT2D eigenvalue weighted by atomic mass is 9.86. The average Bonchev–Trinajstić information content (AvgIpc) is 3.73. The van der Waals surface area contributed by atoms with Crippen molar-refractivity contribution in [3.8, 4) is 11.1 Å². The third kappa shape index (κ3) is 2.66. The molecule has 1 aliphatic carbocycles. The quantitative estimate of drug-likeness (QED) is 0.200. The van der Waals surface area contributed by atoms with E-state index in [0.29, 0.717) is 0 Å². The molecule has 1 nitrogen and oxygen atoms in total. The zero-order valence-corrected chi connectivity index (χ0v) is 22.9. The Hall–Kier alpha value is -4.44. The van der Waals surface area contributed by atoms with Crippen LogP contribution >= 0.6 is 22.7 Å². The second-order valence-corrected chi connectivity index (χ2v) is 13.2. The van der Waals surface area contributed by atoms with Crippen molar-refractivity contribution >= 4 is 85.0 Å². The van der Waals surface area contributed by atoms with Gasteiger partial charge >= 0.3 is 0 Å². The van der Waals surface area contributed by atoms with Gasteiger partial charge in [-0.05, 0) is 62.9 Å². The summed E-state index contributed by atoms with van der Waals surface area (Å²) in [5.74, 6) is 0.139. The van der Waals surface area contributed by atoms with Gasteiger partial charge in [0.15, 0.2) is 0 Å². The van der Waals surface area contributed by atoms with E-state index in [4.69, 9.17) is 4.42 Å². The van der Waals surface area contributed by atoms with Crippen LogP contribution in [0.2, 0.25) is 0 Å². The topological polar surface area (TPSA) is 13.1 Å². The van der Waals surface area contributed by atoms with E-state index in [1.807, 2.05) is 22.7 Å². The lowest BCUT2D eigenvalue weighted by Gasteiger charge is -2.16. The minimum atomic E-state index is 0.139. The first-order chi connectivity index (χ1) is 19.8. The van der Waals surface area contributed by atoms with Crippen molar-refractivity contribution in [3.63, 3.8) is 0 Å². The minimum Gasteiger partial charge on any atom is -0.456 e. The highest BCUT2D eigenvalue weighted by molar-refractivity contribution is 7.44. The Morgan fingerprint density at radius 2 is 1.32 bits per heavy atom. The van der Waals surface area contributed by atoms with Gasteiger partial charge in [-0.2, -0.15) is 0 Å². The van der Waals surface area contributed by atoms with Gasteiger partial charge in [-0.3, -0.25) is 0 Å². The monoisotopic (exact) mass is 544 g/mol. The fourth-order valence-electron chi connectivity index (χ4n) is 7.15. The summed E-state index contributed by atoms with van der Waals surface area (Å²) >= 11 is 3.85. The summed E-state index contributed by atoms with van der Waals surface area (Å²) in [6, 6.07) is 42.4. The van der Waals surface area contributed by atoms with Crippen LogP contribution in [0, 0.1) is 0 Å². The molecule has 1 aliphatic rings. The molecule has 0 N–H and O–H groups in total. The smallest absolute Gasteiger partial charge is 0.135 e. The largest absolute Gasteiger partial charge is 0.456 e. The Labute approximate surface area is 237 Å². The zero-order valence-electron chi connectivity index (χ0n) is 21.3. The molecule has 0 unspecified atom stereocenters. The summed E-state index contributed by atoms with van der Waals surface area (Å²) in [6.45, 7) is 0. The second-order valence-electron chi connectivity index (χ2n) is 10.8. The molecule has 3 aromatic heterocycles. The molecule has 40 heavy (non-hydrogen) atoms. The van der Waals surface area contributed by atoms with Gasteiger partial charge in [-0.25, -0.2) is 0 Å². The molecule has 6 aromatic carbocycles. The normalized spacial score (nSPS) is 14.8. The van der Waals surface area contributed by atoms with Crippen molar-refractivity contribution in [1.29, 1.82) is 0 Å². The first kappa shape index (κ1) is 21.4. The first-order valence-electron chi connectivity index (χ1n) is 13.6. The van der Waals surface area contributed by atoms with Crippen LogP contribution < -0.4 is 0 Å². The van der Waals surface area contributed by atoms with Crippen LogP contribution in [0.1, 0.15) is 22.6 Å². The first-order valence-corrected chi connectivity index (χ1v) is 15.3. The molecule has 10 rings (SSSR count). The van der Waals surface area contributed by atoms with Crippen molar-refractivity contribution in [2.24, 2.45) is 0 Å².